The van der Waals surface area contributed by atoms with Crippen molar-refractivity contribution >= 4 is 17.3 Å². The number of aromatic nitrogens is 1. The van der Waals surface area contributed by atoms with E-state index in [2.05, 4.69) is 10.3 Å². The van der Waals surface area contributed by atoms with Crippen LogP contribution in [-0.4, -0.2) is 24.4 Å². The molecular weight excluding hydrogens is 345 g/mol. The van der Waals surface area contributed by atoms with Crippen molar-refractivity contribution in [3.63, 3.8) is 0 Å². The fourth-order valence-electron chi connectivity index (χ4n) is 4.68. The molecule has 2 aliphatic rings. The molecule has 1 aromatic carbocycles. The zero-order valence-electron chi connectivity index (χ0n) is 15.7. The number of methoxy groups -OCH3 is 1. The molecule has 4 rings (SSSR count). The molecule has 2 heterocycles. The first-order chi connectivity index (χ1) is 13.0. The number of rotatable bonds is 3. The van der Waals surface area contributed by atoms with Crippen molar-refractivity contribution in [3.8, 4) is 16.9 Å². The number of nitrogen functional groups attached to an aromatic ring is 1. The van der Waals surface area contributed by atoms with Crippen LogP contribution in [0.4, 0.5) is 15.9 Å². The normalized spacial score (nSPS) is 17.4. The molecule has 0 atom stereocenters. The first kappa shape index (κ1) is 17.8. The number of fused-ring (bicyclic) bond motifs is 2. The van der Waals surface area contributed by atoms with Crippen LogP contribution in [0, 0.1) is 5.82 Å². The number of hydrogen-bond donors (Lipinski definition) is 2. The van der Waals surface area contributed by atoms with E-state index in [1.54, 1.807) is 25.4 Å². The highest BCUT2D eigenvalue weighted by molar-refractivity contribution is 6.01. The van der Waals surface area contributed by atoms with Gasteiger partial charge in [0.25, 0.3) is 0 Å². The van der Waals surface area contributed by atoms with Crippen LogP contribution in [0.1, 0.15) is 54.9 Å². The van der Waals surface area contributed by atoms with Gasteiger partial charge in [-0.25, -0.2) is 9.37 Å². The molecule has 1 aliphatic heterocycles. The van der Waals surface area contributed by atoms with Gasteiger partial charge < -0.3 is 15.8 Å². The highest BCUT2D eigenvalue weighted by Gasteiger charge is 2.44. The summed E-state index contributed by atoms with van der Waals surface area (Å²) in [5.74, 6) is 0.446. The molecule has 1 saturated carbocycles. The number of ketones is 1. The summed E-state index contributed by atoms with van der Waals surface area (Å²) in [5, 5.41) is 3.41. The fourth-order valence-corrected chi connectivity index (χ4v) is 4.68. The Morgan fingerprint density at radius 3 is 2.67 bits per heavy atom. The molecular formula is C21H24FN3O2. The monoisotopic (exact) mass is 369 g/mol. The van der Waals surface area contributed by atoms with Crippen molar-refractivity contribution < 1.29 is 13.9 Å². The second-order valence-corrected chi connectivity index (χ2v) is 7.57. The Labute approximate surface area is 158 Å². The average Bonchev–Trinajstić information content (AvgIpc) is 3.00. The Bertz CT molecular complexity index is 915. The van der Waals surface area contributed by atoms with Gasteiger partial charge in [0.1, 0.15) is 17.4 Å². The van der Waals surface area contributed by atoms with Crippen LogP contribution in [0.5, 0.6) is 5.75 Å². The van der Waals surface area contributed by atoms with Crippen LogP contribution in [0.2, 0.25) is 0 Å². The van der Waals surface area contributed by atoms with Crippen LogP contribution in [0.15, 0.2) is 18.3 Å². The van der Waals surface area contributed by atoms with Crippen molar-refractivity contribution in [1.29, 1.82) is 0 Å². The largest absolute Gasteiger partial charge is 0.496 e. The summed E-state index contributed by atoms with van der Waals surface area (Å²) in [5.41, 5.74) is 7.76. The summed E-state index contributed by atoms with van der Waals surface area (Å²) in [6.45, 7) is 2.15. The van der Waals surface area contributed by atoms with Gasteiger partial charge in [0, 0.05) is 40.5 Å². The van der Waals surface area contributed by atoms with E-state index in [1.807, 2.05) is 0 Å². The summed E-state index contributed by atoms with van der Waals surface area (Å²) in [7, 11) is 1.61. The van der Waals surface area contributed by atoms with Crippen LogP contribution < -0.4 is 15.8 Å². The summed E-state index contributed by atoms with van der Waals surface area (Å²) >= 11 is 0. The lowest BCUT2D eigenvalue weighted by Crippen LogP contribution is -2.31. The molecule has 0 bridgehead atoms. The molecule has 0 radical (unpaired) electrons. The van der Waals surface area contributed by atoms with Crippen molar-refractivity contribution in [2.75, 3.05) is 24.7 Å². The van der Waals surface area contributed by atoms with Gasteiger partial charge >= 0.3 is 0 Å². The Balaban J connectivity index is 1.93. The molecule has 5 nitrogen and oxygen atoms in total. The minimum Gasteiger partial charge on any atom is -0.496 e. The third kappa shape index (κ3) is 2.66. The zero-order valence-corrected chi connectivity index (χ0v) is 15.7. The average molecular weight is 369 g/mol. The molecule has 1 aliphatic carbocycles. The predicted molar refractivity (Wildman–Crippen MR) is 104 cm³/mol. The number of carbonyl (C=O) groups excluding carboxylic acids is 1. The zero-order chi connectivity index (χ0) is 19.2. The summed E-state index contributed by atoms with van der Waals surface area (Å²) in [6, 6.07) is 3.16. The number of anilines is 2. The third-order valence-electron chi connectivity index (χ3n) is 5.99. The Hall–Kier alpha value is -2.63. The minimum absolute atomic E-state index is 0.0182. The van der Waals surface area contributed by atoms with E-state index in [4.69, 9.17) is 10.5 Å². The van der Waals surface area contributed by atoms with Crippen molar-refractivity contribution in [1.82, 2.24) is 4.98 Å². The lowest BCUT2D eigenvalue weighted by Gasteiger charge is -2.34. The van der Waals surface area contributed by atoms with Gasteiger partial charge in [0.2, 0.25) is 0 Å². The molecule has 1 aromatic heterocycles. The van der Waals surface area contributed by atoms with E-state index in [-0.39, 0.29) is 16.7 Å². The first-order valence-corrected chi connectivity index (χ1v) is 9.39. The van der Waals surface area contributed by atoms with Crippen molar-refractivity contribution in [2.45, 2.75) is 44.4 Å². The Kier molecular flexibility index (Phi) is 4.29. The lowest BCUT2D eigenvalue weighted by molar-refractivity contribution is 0.101. The number of nitrogens with zero attached hydrogens (tertiary/aromatic N) is 1. The standard InChI is InChI=1S/C21H24FN3O2/c1-12(26)16-15(23)7-6-13(18(16)22)14-10-24-20-17(19(14)27-2)21(11-25-20)8-4-3-5-9-21/h6-7,10H,3-5,8-9,11,23H2,1-2H3,(H,24,25). The highest BCUT2D eigenvalue weighted by atomic mass is 19.1. The number of hydrogen-bond acceptors (Lipinski definition) is 5. The highest BCUT2D eigenvalue weighted by Crippen LogP contribution is 2.52. The lowest BCUT2D eigenvalue weighted by atomic mass is 9.70. The van der Waals surface area contributed by atoms with Gasteiger partial charge in [0.15, 0.2) is 5.78 Å². The van der Waals surface area contributed by atoms with Crippen LogP contribution in [0.3, 0.4) is 0 Å². The summed E-state index contributed by atoms with van der Waals surface area (Å²) in [4.78, 5) is 16.4. The molecule has 0 amide bonds. The van der Waals surface area contributed by atoms with Gasteiger partial charge in [-0.2, -0.15) is 0 Å². The van der Waals surface area contributed by atoms with Crippen LogP contribution >= 0.6 is 0 Å². The van der Waals surface area contributed by atoms with Gasteiger partial charge in [-0.1, -0.05) is 19.3 Å². The van der Waals surface area contributed by atoms with Gasteiger partial charge in [-0.3, -0.25) is 4.79 Å². The van der Waals surface area contributed by atoms with Crippen molar-refractivity contribution in [3.05, 3.63) is 35.3 Å². The summed E-state index contributed by atoms with van der Waals surface area (Å²) in [6.07, 6.45) is 7.32. The number of carbonyl (C=O) groups is 1. The van der Waals surface area contributed by atoms with E-state index >= 15 is 4.39 Å². The van der Waals surface area contributed by atoms with E-state index < -0.39 is 11.6 Å². The quantitative estimate of drug-likeness (QED) is 0.623. The number of Topliss-reactive ketones (excluding diaryl/α,β-unsaturated/α-hetero) is 1. The maximum Gasteiger partial charge on any atom is 0.164 e. The Morgan fingerprint density at radius 2 is 2.00 bits per heavy atom. The topological polar surface area (TPSA) is 77.2 Å². The Morgan fingerprint density at radius 1 is 1.26 bits per heavy atom. The van der Waals surface area contributed by atoms with Gasteiger partial charge in [0.05, 0.1) is 12.7 Å². The molecule has 6 heteroatoms. The van der Waals surface area contributed by atoms with E-state index in [9.17, 15) is 4.79 Å². The SMILES string of the molecule is COc1c(-c2ccc(N)c(C(C)=O)c2F)cnc2c1C1(CCCCC1)CN2. The summed E-state index contributed by atoms with van der Waals surface area (Å²) < 4.78 is 21.0. The number of nitrogens with two attached hydrogens (primary N) is 1. The first-order valence-electron chi connectivity index (χ1n) is 9.39. The minimum atomic E-state index is -0.619. The van der Waals surface area contributed by atoms with Crippen LogP contribution in [0.25, 0.3) is 11.1 Å². The van der Waals surface area contributed by atoms with Crippen LogP contribution in [-0.2, 0) is 5.41 Å². The number of ether oxygens (including phenoxy) is 1. The second-order valence-electron chi connectivity index (χ2n) is 7.57. The number of halogens is 1. The molecule has 27 heavy (non-hydrogen) atoms. The fraction of sp³-hybridized carbons (Fsp3) is 0.429. The predicted octanol–water partition coefficient (Wildman–Crippen LogP) is 4.31. The molecule has 0 saturated heterocycles. The van der Waals surface area contributed by atoms with Gasteiger partial charge in [-0.05, 0) is 31.9 Å². The van der Waals surface area contributed by atoms with E-state index in [1.165, 1.54) is 26.2 Å². The molecule has 2 aromatic rings. The molecule has 1 spiro atoms. The van der Waals surface area contributed by atoms with E-state index in [0.29, 0.717) is 16.9 Å². The second kappa shape index (κ2) is 6.51. The maximum absolute atomic E-state index is 15.2. The molecule has 0 unspecified atom stereocenters. The molecule has 142 valence electrons. The van der Waals surface area contributed by atoms with Gasteiger partial charge in [-0.15, -0.1) is 0 Å². The number of pyridine rings is 1. The smallest absolute Gasteiger partial charge is 0.164 e. The van der Waals surface area contributed by atoms with E-state index in [0.717, 1.165) is 30.8 Å². The molecule has 1 fully saturated rings. The van der Waals surface area contributed by atoms with Crippen molar-refractivity contribution in [2.24, 2.45) is 0 Å². The molecule has 3 N–H and O–H groups in total. The maximum atomic E-state index is 15.2. The third-order valence-corrected chi connectivity index (χ3v) is 5.99. The number of benzene rings is 1. The number of nitrogens with one attached hydrogen (secondary N) is 1.